The third kappa shape index (κ3) is 5.55. The van der Waals surface area contributed by atoms with Crippen LogP contribution in [0.15, 0.2) is 18.2 Å². The Kier molecular flexibility index (Phi) is 5.49. The Hall–Kier alpha value is -1.88. The zero-order chi connectivity index (χ0) is 16.1. The molecule has 1 aromatic rings. The summed E-state index contributed by atoms with van der Waals surface area (Å²) < 4.78 is 80.3. The Morgan fingerprint density at radius 3 is 1.95 bits per heavy atom. The highest BCUT2D eigenvalue weighted by atomic mass is 19.4. The van der Waals surface area contributed by atoms with Crippen molar-refractivity contribution in [1.29, 1.82) is 0 Å². The number of ether oxygens (including phenoxy) is 1. The second kappa shape index (κ2) is 6.72. The molecule has 0 saturated carbocycles. The van der Waals surface area contributed by atoms with Gasteiger partial charge in [0.1, 0.15) is 12.4 Å². The predicted octanol–water partition coefficient (Wildman–Crippen LogP) is 3.33. The van der Waals surface area contributed by atoms with Crippen LogP contribution in [0.3, 0.4) is 0 Å². The molecule has 0 aliphatic rings. The summed E-state index contributed by atoms with van der Waals surface area (Å²) >= 11 is 0. The minimum Gasteiger partial charge on any atom is -0.492 e. The molecule has 0 atom stereocenters. The second-order valence-electron chi connectivity index (χ2n) is 3.97. The highest BCUT2D eigenvalue weighted by Gasteiger charge is 2.37. The largest absolute Gasteiger partial charge is 0.492 e. The number of halogens is 6. The third-order valence-corrected chi connectivity index (χ3v) is 2.34. The number of terminal acetylenes is 1. The van der Waals surface area contributed by atoms with Gasteiger partial charge in [-0.3, -0.25) is 0 Å². The van der Waals surface area contributed by atoms with Gasteiger partial charge in [0.15, 0.2) is 0 Å². The van der Waals surface area contributed by atoms with E-state index < -0.39 is 29.2 Å². The molecule has 21 heavy (non-hydrogen) atoms. The molecular formula is C13H11F6NO. The van der Waals surface area contributed by atoms with Crippen LogP contribution in [0.5, 0.6) is 5.75 Å². The molecule has 0 aliphatic carbocycles. The summed E-state index contributed by atoms with van der Waals surface area (Å²) in [5.41, 5.74) is -2.83. The van der Waals surface area contributed by atoms with Gasteiger partial charge in [0.25, 0.3) is 0 Å². The van der Waals surface area contributed by atoms with Gasteiger partial charge in [-0.05, 0) is 18.2 Å². The lowest BCUT2D eigenvalue weighted by atomic mass is 10.1. The van der Waals surface area contributed by atoms with Crippen LogP contribution in [0.2, 0.25) is 0 Å². The molecule has 0 fully saturated rings. The van der Waals surface area contributed by atoms with E-state index in [0.29, 0.717) is 12.1 Å². The average molecular weight is 311 g/mol. The van der Waals surface area contributed by atoms with E-state index in [4.69, 9.17) is 11.2 Å². The van der Waals surface area contributed by atoms with Crippen molar-refractivity contribution in [2.45, 2.75) is 12.4 Å². The lowest BCUT2D eigenvalue weighted by Gasteiger charge is -2.14. The fourth-order valence-electron chi connectivity index (χ4n) is 1.41. The van der Waals surface area contributed by atoms with E-state index in [2.05, 4.69) is 11.2 Å². The Morgan fingerprint density at radius 2 is 1.52 bits per heavy atom. The van der Waals surface area contributed by atoms with Gasteiger partial charge in [0.05, 0.1) is 17.7 Å². The van der Waals surface area contributed by atoms with Crippen LogP contribution in [0, 0.1) is 12.3 Å². The quantitative estimate of drug-likeness (QED) is 0.512. The van der Waals surface area contributed by atoms with Crippen molar-refractivity contribution in [1.82, 2.24) is 5.32 Å². The molecule has 0 spiro atoms. The predicted molar refractivity (Wildman–Crippen MR) is 63.6 cm³/mol. The van der Waals surface area contributed by atoms with E-state index >= 15 is 0 Å². The van der Waals surface area contributed by atoms with Gasteiger partial charge in [-0.25, -0.2) is 0 Å². The third-order valence-electron chi connectivity index (χ3n) is 2.34. The number of hydrogen-bond acceptors (Lipinski definition) is 2. The smallest absolute Gasteiger partial charge is 0.416 e. The van der Waals surface area contributed by atoms with Gasteiger partial charge in [-0.2, -0.15) is 26.3 Å². The van der Waals surface area contributed by atoms with Crippen LogP contribution >= 0.6 is 0 Å². The lowest BCUT2D eigenvalue weighted by Crippen LogP contribution is -2.21. The molecular weight excluding hydrogens is 300 g/mol. The summed E-state index contributed by atoms with van der Waals surface area (Å²) in [6, 6.07) is 1.09. The topological polar surface area (TPSA) is 21.3 Å². The number of hydrogen-bond donors (Lipinski definition) is 1. The van der Waals surface area contributed by atoms with Gasteiger partial charge in [-0.1, -0.05) is 5.92 Å². The Balaban J connectivity index is 2.91. The van der Waals surface area contributed by atoms with Gasteiger partial charge in [-0.15, -0.1) is 6.42 Å². The zero-order valence-corrected chi connectivity index (χ0v) is 10.6. The molecule has 0 unspecified atom stereocenters. The minimum absolute atomic E-state index is 0.0451. The maximum atomic E-state index is 12.6. The zero-order valence-electron chi connectivity index (χ0n) is 10.6. The first-order chi connectivity index (χ1) is 9.64. The van der Waals surface area contributed by atoms with Crippen molar-refractivity contribution >= 4 is 0 Å². The first kappa shape index (κ1) is 17.2. The average Bonchev–Trinajstić information content (AvgIpc) is 2.36. The molecule has 0 heterocycles. The van der Waals surface area contributed by atoms with E-state index in [-0.39, 0.29) is 25.8 Å². The van der Waals surface area contributed by atoms with Crippen molar-refractivity contribution < 1.29 is 31.1 Å². The lowest BCUT2D eigenvalue weighted by molar-refractivity contribution is -0.143. The van der Waals surface area contributed by atoms with E-state index in [1.807, 2.05) is 0 Å². The number of benzene rings is 1. The summed E-state index contributed by atoms with van der Waals surface area (Å²) in [5, 5.41) is 2.69. The molecule has 0 aliphatic heterocycles. The number of alkyl halides is 6. The molecule has 1 rings (SSSR count). The monoisotopic (exact) mass is 311 g/mol. The SMILES string of the molecule is C#CCNCCOc1cc(C(F)(F)F)cc(C(F)(F)F)c1. The first-order valence-electron chi connectivity index (χ1n) is 5.71. The summed E-state index contributed by atoms with van der Waals surface area (Å²) in [4.78, 5) is 0. The summed E-state index contributed by atoms with van der Waals surface area (Å²) in [6.45, 7) is 0.307. The Labute approximate surface area is 117 Å². The molecule has 0 saturated heterocycles. The van der Waals surface area contributed by atoms with Crippen molar-refractivity contribution in [3.8, 4) is 18.1 Å². The second-order valence-corrected chi connectivity index (χ2v) is 3.97. The van der Waals surface area contributed by atoms with Crippen molar-refractivity contribution in [3.05, 3.63) is 29.3 Å². The van der Waals surface area contributed by atoms with E-state index in [0.717, 1.165) is 0 Å². The van der Waals surface area contributed by atoms with Gasteiger partial charge in [0.2, 0.25) is 0 Å². The molecule has 8 heteroatoms. The van der Waals surface area contributed by atoms with E-state index in [9.17, 15) is 26.3 Å². The molecule has 0 radical (unpaired) electrons. The highest BCUT2D eigenvalue weighted by molar-refractivity contribution is 5.37. The van der Waals surface area contributed by atoms with Gasteiger partial charge in [0, 0.05) is 6.54 Å². The van der Waals surface area contributed by atoms with E-state index in [1.54, 1.807) is 0 Å². The standard InChI is InChI=1S/C13H11F6NO/c1-2-3-20-4-5-21-11-7-9(12(14,15)16)6-10(8-11)13(17,18)19/h1,6-8,20H,3-5H2. The molecule has 2 nitrogen and oxygen atoms in total. The van der Waals surface area contributed by atoms with Crippen LogP contribution in [-0.2, 0) is 12.4 Å². The van der Waals surface area contributed by atoms with Crippen molar-refractivity contribution in [2.24, 2.45) is 0 Å². The van der Waals surface area contributed by atoms with Crippen molar-refractivity contribution in [3.63, 3.8) is 0 Å². The first-order valence-corrected chi connectivity index (χ1v) is 5.71. The minimum atomic E-state index is -4.89. The van der Waals surface area contributed by atoms with Crippen LogP contribution in [0.4, 0.5) is 26.3 Å². The molecule has 1 N–H and O–H groups in total. The molecule has 0 amide bonds. The number of nitrogens with one attached hydrogen (secondary N) is 1. The summed E-state index contributed by atoms with van der Waals surface area (Å²) in [6.07, 6.45) is -4.82. The molecule has 0 bridgehead atoms. The Bertz CT molecular complexity index is 483. The van der Waals surface area contributed by atoms with Crippen molar-refractivity contribution in [2.75, 3.05) is 19.7 Å². The normalized spacial score (nSPS) is 12.0. The van der Waals surface area contributed by atoms with Crippen LogP contribution < -0.4 is 10.1 Å². The molecule has 116 valence electrons. The molecule has 1 aromatic carbocycles. The highest BCUT2D eigenvalue weighted by Crippen LogP contribution is 2.38. The maximum Gasteiger partial charge on any atom is 0.416 e. The fraction of sp³-hybridized carbons (Fsp3) is 0.385. The Morgan fingerprint density at radius 1 is 1.00 bits per heavy atom. The maximum absolute atomic E-state index is 12.6. The number of rotatable bonds is 5. The van der Waals surface area contributed by atoms with Gasteiger partial charge >= 0.3 is 12.4 Å². The van der Waals surface area contributed by atoms with Crippen LogP contribution in [-0.4, -0.2) is 19.7 Å². The van der Waals surface area contributed by atoms with E-state index in [1.165, 1.54) is 0 Å². The van der Waals surface area contributed by atoms with Crippen LogP contribution in [0.25, 0.3) is 0 Å². The fourth-order valence-corrected chi connectivity index (χ4v) is 1.41. The summed E-state index contributed by atoms with van der Waals surface area (Å²) in [7, 11) is 0. The summed E-state index contributed by atoms with van der Waals surface area (Å²) in [5.74, 6) is 1.76. The molecule has 0 aromatic heterocycles. The van der Waals surface area contributed by atoms with Gasteiger partial charge < -0.3 is 10.1 Å². The van der Waals surface area contributed by atoms with Crippen LogP contribution in [0.1, 0.15) is 11.1 Å².